The average molecular weight is 239 g/mol. The molecule has 2 nitrogen and oxygen atoms in total. The van der Waals surface area contributed by atoms with E-state index >= 15 is 0 Å². The zero-order valence-electron chi connectivity index (χ0n) is 11.5. The van der Waals surface area contributed by atoms with Gasteiger partial charge in [0.15, 0.2) is 0 Å². The zero-order valence-corrected chi connectivity index (χ0v) is 11.5. The minimum atomic E-state index is 0.868. The predicted molar refractivity (Wildman–Crippen MR) is 72.2 cm³/mol. The fraction of sp³-hybridized carbons (Fsp3) is 1.00. The van der Waals surface area contributed by atoms with Crippen molar-refractivity contribution < 1.29 is 4.74 Å². The molecular weight excluding hydrogens is 210 g/mol. The summed E-state index contributed by atoms with van der Waals surface area (Å²) in [6, 6.07) is 0. The van der Waals surface area contributed by atoms with Crippen molar-refractivity contribution in [1.29, 1.82) is 0 Å². The van der Waals surface area contributed by atoms with Crippen molar-refractivity contribution in [3.63, 3.8) is 0 Å². The maximum Gasteiger partial charge on any atom is 0.0495 e. The standard InChI is InChI=1S/C15H29NO/c1-2-4-14-6-10-16(11-7-14)9-3-5-15-8-12-17-13-15/h14-15H,2-13H2,1H3. The monoisotopic (exact) mass is 239 g/mol. The average Bonchev–Trinajstić information content (AvgIpc) is 2.85. The lowest BCUT2D eigenvalue weighted by molar-refractivity contribution is 0.166. The number of rotatable bonds is 6. The first-order chi connectivity index (χ1) is 8.38. The quantitative estimate of drug-likeness (QED) is 0.705. The topological polar surface area (TPSA) is 12.5 Å². The van der Waals surface area contributed by atoms with E-state index in [1.165, 1.54) is 64.6 Å². The van der Waals surface area contributed by atoms with Crippen LogP contribution in [0.1, 0.15) is 51.9 Å². The van der Waals surface area contributed by atoms with Gasteiger partial charge in [0, 0.05) is 13.2 Å². The molecule has 2 heteroatoms. The summed E-state index contributed by atoms with van der Waals surface area (Å²) in [5, 5.41) is 0. The molecule has 1 atom stereocenters. The molecule has 0 aliphatic carbocycles. The van der Waals surface area contributed by atoms with Crippen LogP contribution in [0.3, 0.4) is 0 Å². The summed E-state index contributed by atoms with van der Waals surface area (Å²) in [6.45, 7) is 8.38. The van der Waals surface area contributed by atoms with Crippen molar-refractivity contribution >= 4 is 0 Å². The summed E-state index contributed by atoms with van der Waals surface area (Å²) in [6.07, 6.45) is 9.78. The Morgan fingerprint density at radius 3 is 2.53 bits per heavy atom. The fourth-order valence-corrected chi connectivity index (χ4v) is 3.32. The molecular formula is C15H29NO. The highest BCUT2D eigenvalue weighted by Gasteiger charge is 2.19. The van der Waals surface area contributed by atoms with E-state index in [4.69, 9.17) is 4.74 Å². The lowest BCUT2D eigenvalue weighted by atomic mass is 9.92. The number of hydrogen-bond donors (Lipinski definition) is 0. The molecule has 2 aliphatic rings. The van der Waals surface area contributed by atoms with Gasteiger partial charge in [0.25, 0.3) is 0 Å². The summed E-state index contributed by atoms with van der Waals surface area (Å²) in [4.78, 5) is 2.68. The van der Waals surface area contributed by atoms with Crippen molar-refractivity contribution in [2.45, 2.75) is 51.9 Å². The van der Waals surface area contributed by atoms with Crippen molar-refractivity contribution in [2.75, 3.05) is 32.8 Å². The lowest BCUT2D eigenvalue weighted by Gasteiger charge is -2.32. The summed E-state index contributed by atoms with van der Waals surface area (Å²) < 4.78 is 5.43. The van der Waals surface area contributed by atoms with Crippen molar-refractivity contribution in [1.82, 2.24) is 4.90 Å². The van der Waals surface area contributed by atoms with Gasteiger partial charge < -0.3 is 9.64 Å². The molecule has 0 bridgehead atoms. The molecule has 0 spiro atoms. The maximum atomic E-state index is 5.43. The predicted octanol–water partition coefficient (Wildman–Crippen LogP) is 3.32. The Kier molecular flexibility index (Phi) is 5.79. The molecule has 2 rings (SSSR count). The molecule has 2 fully saturated rings. The van der Waals surface area contributed by atoms with Crippen LogP contribution in [0.4, 0.5) is 0 Å². The number of ether oxygens (including phenoxy) is 1. The van der Waals surface area contributed by atoms with Crippen LogP contribution in [0.2, 0.25) is 0 Å². The second-order valence-corrected chi connectivity index (χ2v) is 5.95. The second kappa shape index (κ2) is 7.38. The van der Waals surface area contributed by atoms with Crippen LogP contribution >= 0.6 is 0 Å². The van der Waals surface area contributed by atoms with Crippen LogP contribution in [0.25, 0.3) is 0 Å². The molecule has 2 saturated heterocycles. The van der Waals surface area contributed by atoms with Crippen LogP contribution in [0, 0.1) is 11.8 Å². The molecule has 17 heavy (non-hydrogen) atoms. The van der Waals surface area contributed by atoms with Gasteiger partial charge in [-0.3, -0.25) is 0 Å². The Labute approximate surface area is 107 Å². The van der Waals surface area contributed by atoms with Crippen LogP contribution < -0.4 is 0 Å². The van der Waals surface area contributed by atoms with Gasteiger partial charge in [-0.2, -0.15) is 0 Å². The number of piperidine rings is 1. The van der Waals surface area contributed by atoms with Gasteiger partial charge in [0.05, 0.1) is 0 Å². The van der Waals surface area contributed by atoms with E-state index in [1.807, 2.05) is 0 Å². The molecule has 0 N–H and O–H groups in total. The maximum absolute atomic E-state index is 5.43. The van der Waals surface area contributed by atoms with Crippen LogP contribution in [0.15, 0.2) is 0 Å². The molecule has 2 aliphatic heterocycles. The molecule has 0 radical (unpaired) electrons. The Morgan fingerprint density at radius 1 is 1.06 bits per heavy atom. The molecule has 1 unspecified atom stereocenters. The first-order valence-corrected chi connectivity index (χ1v) is 7.68. The van der Waals surface area contributed by atoms with Gasteiger partial charge in [-0.25, -0.2) is 0 Å². The highest BCUT2D eigenvalue weighted by molar-refractivity contribution is 4.73. The van der Waals surface area contributed by atoms with E-state index in [2.05, 4.69) is 11.8 Å². The lowest BCUT2D eigenvalue weighted by Crippen LogP contribution is -2.34. The first-order valence-electron chi connectivity index (χ1n) is 7.68. The van der Waals surface area contributed by atoms with Crippen LogP contribution in [-0.2, 0) is 4.74 Å². The second-order valence-electron chi connectivity index (χ2n) is 5.95. The molecule has 0 aromatic carbocycles. The largest absolute Gasteiger partial charge is 0.381 e. The Balaban J connectivity index is 1.52. The summed E-state index contributed by atoms with van der Waals surface area (Å²) in [5.74, 6) is 1.90. The van der Waals surface area contributed by atoms with Crippen molar-refractivity contribution in [3.8, 4) is 0 Å². The SMILES string of the molecule is CCCC1CCN(CCCC2CCOC2)CC1. The van der Waals surface area contributed by atoms with Gasteiger partial charge in [-0.1, -0.05) is 19.8 Å². The zero-order chi connectivity index (χ0) is 11.9. The summed E-state index contributed by atoms with van der Waals surface area (Å²) in [5.41, 5.74) is 0. The molecule has 0 aromatic heterocycles. The van der Waals surface area contributed by atoms with E-state index in [1.54, 1.807) is 0 Å². The normalized spacial score (nSPS) is 27.7. The first kappa shape index (κ1) is 13.4. The van der Waals surface area contributed by atoms with E-state index in [-0.39, 0.29) is 0 Å². The molecule has 2 heterocycles. The fourth-order valence-electron chi connectivity index (χ4n) is 3.32. The molecule has 0 aromatic rings. The summed E-state index contributed by atoms with van der Waals surface area (Å²) >= 11 is 0. The number of hydrogen-bond acceptors (Lipinski definition) is 2. The number of nitrogens with zero attached hydrogens (tertiary/aromatic N) is 1. The smallest absolute Gasteiger partial charge is 0.0495 e. The van der Waals surface area contributed by atoms with Gasteiger partial charge in [-0.15, -0.1) is 0 Å². The third-order valence-electron chi connectivity index (χ3n) is 4.51. The Hall–Kier alpha value is -0.0800. The van der Waals surface area contributed by atoms with E-state index < -0.39 is 0 Å². The van der Waals surface area contributed by atoms with Crippen molar-refractivity contribution in [2.24, 2.45) is 11.8 Å². The summed E-state index contributed by atoms with van der Waals surface area (Å²) in [7, 11) is 0. The van der Waals surface area contributed by atoms with Crippen molar-refractivity contribution in [3.05, 3.63) is 0 Å². The Morgan fingerprint density at radius 2 is 1.88 bits per heavy atom. The van der Waals surface area contributed by atoms with E-state index in [0.717, 1.165) is 25.0 Å². The number of likely N-dealkylation sites (tertiary alicyclic amines) is 1. The molecule has 0 saturated carbocycles. The van der Waals surface area contributed by atoms with E-state index in [9.17, 15) is 0 Å². The highest BCUT2D eigenvalue weighted by atomic mass is 16.5. The Bertz CT molecular complexity index is 193. The van der Waals surface area contributed by atoms with Crippen LogP contribution in [-0.4, -0.2) is 37.7 Å². The van der Waals surface area contributed by atoms with Gasteiger partial charge in [0.2, 0.25) is 0 Å². The molecule has 100 valence electrons. The minimum absolute atomic E-state index is 0.868. The highest BCUT2D eigenvalue weighted by Crippen LogP contribution is 2.23. The van der Waals surface area contributed by atoms with Crippen LogP contribution in [0.5, 0.6) is 0 Å². The van der Waals surface area contributed by atoms with E-state index in [0.29, 0.717) is 0 Å². The third kappa shape index (κ3) is 4.59. The van der Waals surface area contributed by atoms with Gasteiger partial charge in [-0.05, 0) is 63.6 Å². The molecule has 0 amide bonds. The minimum Gasteiger partial charge on any atom is -0.381 e. The third-order valence-corrected chi connectivity index (χ3v) is 4.51. The van der Waals surface area contributed by atoms with Gasteiger partial charge >= 0.3 is 0 Å². The van der Waals surface area contributed by atoms with Gasteiger partial charge in [0.1, 0.15) is 0 Å².